The standard InChI is InChI=1S/C41H81N3O/c1-4-6-8-10-12-14-16-18-20-22-24-26-28-30-32-34-40(45)42-36-37-44-39-38-43(3)41(44)35-33-31-29-27-25-23-21-19-17-15-13-11-9-7-5-2/h4-39H2,1-3H3/p+1. The smallest absolute Gasteiger partial charge is 0.246 e. The molecule has 1 aliphatic heterocycles. The van der Waals surface area contributed by atoms with Crippen LogP contribution in [-0.4, -0.2) is 54.4 Å². The van der Waals surface area contributed by atoms with Gasteiger partial charge in [0.15, 0.2) is 0 Å². The van der Waals surface area contributed by atoms with Gasteiger partial charge < -0.3 is 5.32 Å². The van der Waals surface area contributed by atoms with E-state index >= 15 is 0 Å². The maximum absolute atomic E-state index is 12.4. The first-order valence-corrected chi connectivity index (χ1v) is 20.8. The second kappa shape index (κ2) is 32.9. The minimum absolute atomic E-state index is 0.251. The van der Waals surface area contributed by atoms with Crippen molar-refractivity contribution in [2.45, 2.75) is 219 Å². The third-order valence-electron chi connectivity index (χ3n) is 10.2. The molecule has 0 aromatic rings. The van der Waals surface area contributed by atoms with Crippen LogP contribution in [0.4, 0.5) is 0 Å². The van der Waals surface area contributed by atoms with E-state index in [2.05, 4.69) is 35.7 Å². The van der Waals surface area contributed by atoms with Crippen molar-refractivity contribution in [2.24, 2.45) is 0 Å². The van der Waals surface area contributed by atoms with Gasteiger partial charge in [-0.25, -0.2) is 0 Å². The van der Waals surface area contributed by atoms with E-state index in [1.54, 1.807) is 0 Å². The fourth-order valence-electron chi connectivity index (χ4n) is 7.09. The van der Waals surface area contributed by atoms with E-state index in [0.717, 1.165) is 32.6 Å². The van der Waals surface area contributed by atoms with E-state index in [4.69, 9.17) is 0 Å². The number of carbonyl (C=O) groups is 1. The molecule has 1 N–H and O–H groups in total. The molecule has 266 valence electrons. The average molecular weight is 633 g/mol. The Balaban J connectivity index is 1.90. The highest BCUT2D eigenvalue weighted by Gasteiger charge is 2.27. The molecule has 1 amide bonds. The number of rotatable bonds is 35. The third kappa shape index (κ3) is 26.7. The van der Waals surface area contributed by atoms with Gasteiger partial charge >= 0.3 is 0 Å². The first kappa shape index (κ1) is 42.0. The van der Waals surface area contributed by atoms with E-state index in [1.807, 2.05) is 0 Å². The summed E-state index contributed by atoms with van der Waals surface area (Å²) >= 11 is 0. The van der Waals surface area contributed by atoms with Crippen LogP contribution in [-0.2, 0) is 4.79 Å². The topological polar surface area (TPSA) is 35.4 Å². The minimum atomic E-state index is 0.251. The number of carbonyl (C=O) groups excluding carboxylic acids is 1. The predicted molar refractivity (Wildman–Crippen MR) is 200 cm³/mol. The first-order valence-electron chi connectivity index (χ1n) is 20.8. The van der Waals surface area contributed by atoms with Crippen molar-refractivity contribution in [3.05, 3.63) is 0 Å². The molecule has 0 unspecified atom stereocenters. The lowest BCUT2D eigenvalue weighted by Crippen LogP contribution is -2.37. The van der Waals surface area contributed by atoms with Gasteiger partial charge in [-0.2, -0.15) is 0 Å². The van der Waals surface area contributed by atoms with Crippen molar-refractivity contribution in [3.63, 3.8) is 0 Å². The van der Waals surface area contributed by atoms with Gasteiger partial charge in [0.05, 0.1) is 13.6 Å². The zero-order valence-corrected chi connectivity index (χ0v) is 31.3. The van der Waals surface area contributed by atoms with Crippen LogP contribution in [0.5, 0.6) is 0 Å². The molecule has 0 fully saturated rings. The molecular formula is C41H82N3O+. The first-order chi connectivity index (χ1) is 22.2. The molecule has 0 aromatic carbocycles. The summed E-state index contributed by atoms with van der Waals surface area (Å²) < 4.78 is 2.45. The number of unbranched alkanes of at least 4 members (excludes halogenated alkanes) is 28. The van der Waals surface area contributed by atoms with Crippen LogP contribution in [0.1, 0.15) is 219 Å². The lowest BCUT2D eigenvalue weighted by atomic mass is 10.0. The summed E-state index contributed by atoms with van der Waals surface area (Å²) in [4.78, 5) is 14.9. The molecule has 45 heavy (non-hydrogen) atoms. The zero-order valence-electron chi connectivity index (χ0n) is 31.3. The molecule has 4 heteroatoms. The lowest BCUT2D eigenvalue weighted by Gasteiger charge is -2.14. The average Bonchev–Trinajstić information content (AvgIpc) is 3.39. The monoisotopic (exact) mass is 633 g/mol. The molecule has 0 saturated carbocycles. The largest absolute Gasteiger partial charge is 0.352 e. The maximum Gasteiger partial charge on any atom is 0.246 e. The SMILES string of the molecule is CCCCCCCCCCCCCCCCCC(=O)NCCN1CC[N+](C)=C1CCCCCCCCCCCCCCCCC. The summed E-state index contributed by atoms with van der Waals surface area (Å²) in [6.07, 6.45) is 43.7. The highest BCUT2D eigenvalue weighted by atomic mass is 16.1. The molecule has 0 bridgehead atoms. The van der Waals surface area contributed by atoms with Crippen LogP contribution < -0.4 is 5.32 Å². The van der Waals surface area contributed by atoms with Crippen molar-refractivity contribution < 1.29 is 9.37 Å². The number of likely N-dealkylation sites (N-methyl/N-ethyl adjacent to an activating group) is 1. The third-order valence-corrected chi connectivity index (χ3v) is 10.2. The van der Waals surface area contributed by atoms with E-state index < -0.39 is 0 Å². The normalized spacial score (nSPS) is 13.4. The van der Waals surface area contributed by atoms with Gasteiger partial charge in [-0.15, -0.1) is 0 Å². The molecule has 1 heterocycles. The molecule has 0 atom stereocenters. The van der Waals surface area contributed by atoms with Gasteiger partial charge in [-0.05, 0) is 12.8 Å². The highest BCUT2D eigenvalue weighted by molar-refractivity contribution is 5.78. The molecular weight excluding hydrogens is 550 g/mol. The Morgan fingerprint density at radius 3 is 1.31 bits per heavy atom. The van der Waals surface area contributed by atoms with Crippen LogP contribution in [0.15, 0.2) is 0 Å². The number of amides is 1. The number of amidine groups is 1. The number of hydrogen-bond acceptors (Lipinski definition) is 2. The molecule has 0 spiro atoms. The summed E-state index contributed by atoms with van der Waals surface area (Å²) in [7, 11) is 2.25. The molecule has 0 radical (unpaired) electrons. The van der Waals surface area contributed by atoms with Gasteiger partial charge in [0.25, 0.3) is 0 Å². The van der Waals surface area contributed by atoms with E-state index in [0.29, 0.717) is 6.42 Å². The van der Waals surface area contributed by atoms with Crippen LogP contribution in [0.25, 0.3) is 0 Å². The molecule has 0 aromatic heterocycles. The van der Waals surface area contributed by atoms with Gasteiger partial charge in [0, 0.05) is 12.8 Å². The Labute approximate surface area is 283 Å². The maximum atomic E-state index is 12.4. The van der Waals surface area contributed by atoms with Crippen molar-refractivity contribution in [1.29, 1.82) is 0 Å². The van der Waals surface area contributed by atoms with Gasteiger partial charge in [-0.1, -0.05) is 194 Å². The fraction of sp³-hybridized carbons (Fsp3) is 0.951. The van der Waals surface area contributed by atoms with Crippen LogP contribution >= 0.6 is 0 Å². The Bertz CT molecular complexity index is 676. The quantitative estimate of drug-likeness (QED) is 0.0557. The summed E-state index contributed by atoms with van der Waals surface area (Å²) in [5.74, 6) is 1.75. The Hall–Kier alpha value is -1.06. The zero-order chi connectivity index (χ0) is 32.5. The predicted octanol–water partition coefficient (Wildman–Crippen LogP) is 12.0. The van der Waals surface area contributed by atoms with E-state index in [1.165, 1.54) is 198 Å². The van der Waals surface area contributed by atoms with Crippen molar-refractivity contribution in [3.8, 4) is 0 Å². The summed E-state index contributed by atoms with van der Waals surface area (Å²) in [5, 5.41) is 3.20. The molecule has 0 aliphatic carbocycles. The second-order valence-corrected chi connectivity index (χ2v) is 14.6. The summed E-state index contributed by atoms with van der Waals surface area (Å²) in [6.45, 7) is 8.58. The molecule has 0 saturated heterocycles. The Kier molecular flexibility index (Phi) is 30.6. The second-order valence-electron chi connectivity index (χ2n) is 14.6. The van der Waals surface area contributed by atoms with Crippen molar-refractivity contribution >= 4 is 11.7 Å². The lowest BCUT2D eigenvalue weighted by molar-refractivity contribution is -0.487. The van der Waals surface area contributed by atoms with Crippen LogP contribution in [0.2, 0.25) is 0 Å². The van der Waals surface area contributed by atoms with E-state index in [9.17, 15) is 4.79 Å². The minimum Gasteiger partial charge on any atom is -0.352 e. The summed E-state index contributed by atoms with van der Waals surface area (Å²) in [5.41, 5.74) is 0. The van der Waals surface area contributed by atoms with Crippen LogP contribution in [0, 0.1) is 0 Å². The molecule has 1 rings (SSSR count). The van der Waals surface area contributed by atoms with Crippen molar-refractivity contribution in [1.82, 2.24) is 10.2 Å². The van der Waals surface area contributed by atoms with Gasteiger partial charge in [-0.3, -0.25) is 14.3 Å². The number of nitrogens with one attached hydrogen (secondary N) is 1. The van der Waals surface area contributed by atoms with Crippen molar-refractivity contribution in [2.75, 3.05) is 33.2 Å². The molecule has 1 aliphatic rings. The van der Waals surface area contributed by atoms with E-state index in [-0.39, 0.29) is 5.91 Å². The van der Waals surface area contributed by atoms with Gasteiger partial charge in [0.1, 0.15) is 19.6 Å². The molecule has 4 nitrogen and oxygen atoms in total. The highest BCUT2D eigenvalue weighted by Crippen LogP contribution is 2.16. The van der Waals surface area contributed by atoms with Crippen LogP contribution in [0.3, 0.4) is 0 Å². The number of hydrogen-bond donors (Lipinski definition) is 1. The summed E-state index contributed by atoms with van der Waals surface area (Å²) in [6, 6.07) is 0. The Morgan fingerprint density at radius 2 is 0.911 bits per heavy atom. The Morgan fingerprint density at radius 1 is 0.556 bits per heavy atom. The fourth-order valence-corrected chi connectivity index (χ4v) is 7.09. The van der Waals surface area contributed by atoms with Gasteiger partial charge in [0.2, 0.25) is 11.7 Å². The number of nitrogens with zero attached hydrogens (tertiary/aromatic N) is 2.